The molecule has 0 spiro atoms. The van der Waals surface area contributed by atoms with Crippen LogP contribution in [0.2, 0.25) is 0 Å². The van der Waals surface area contributed by atoms with E-state index in [1.54, 1.807) is 13.8 Å². The number of esters is 5. The number of ether oxygens (including phenoxy) is 8. The fourth-order valence-electron chi connectivity index (χ4n) is 5.16. The Hall–Kier alpha value is -4.82. The van der Waals surface area contributed by atoms with E-state index in [0.717, 1.165) is 25.7 Å². The number of nitrogens with zero attached hydrogens (tertiary/aromatic N) is 1. The summed E-state index contributed by atoms with van der Waals surface area (Å²) in [7, 11) is 0. The standard InChI is InChI=1S/C28H31NO14/c1-6-36-20(33)10-29-23-17(9-19(41-13(3)30)25(42-14(4)31)27(23)43-15(5)32)16-8-18-24(40-12-39-18)26(22(16)28(29)35)38-11-21(34)37-7-2/h8-9,19,23,25,27H,6-7,10-12H2,1-5H3/t19-,23+,25+,27-/m0/s1. The Morgan fingerprint density at radius 3 is 2.14 bits per heavy atom. The number of carbonyl (C=O) groups excluding carboxylic acids is 6. The van der Waals surface area contributed by atoms with Crippen molar-refractivity contribution in [3.8, 4) is 17.2 Å². The van der Waals surface area contributed by atoms with Crippen molar-refractivity contribution in [2.24, 2.45) is 0 Å². The largest absolute Gasteiger partial charge is 0.477 e. The first-order chi connectivity index (χ1) is 20.5. The molecule has 1 aromatic rings. The zero-order chi connectivity index (χ0) is 31.4. The number of hydrogen-bond acceptors (Lipinski definition) is 14. The molecule has 0 saturated carbocycles. The molecule has 1 aliphatic carbocycles. The highest BCUT2D eigenvalue weighted by Crippen LogP contribution is 2.51. The fraction of sp³-hybridized carbons (Fsp3) is 0.500. The third-order valence-corrected chi connectivity index (χ3v) is 6.51. The molecule has 0 bridgehead atoms. The second kappa shape index (κ2) is 13.0. The molecule has 1 amide bonds. The summed E-state index contributed by atoms with van der Waals surface area (Å²) in [5.74, 6) is -4.58. The topological polar surface area (TPSA) is 179 Å². The number of hydrogen-bond donors (Lipinski definition) is 0. The van der Waals surface area contributed by atoms with Crippen LogP contribution in [0.4, 0.5) is 0 Å². The van der Waals surface area contributed by atoms with E-state index in [4.69, 9.17) is 37.9 Å². The van der Waals surface area contributed by atoms with Crippen LogP contribution in [0.25, 0.3) is 5.57 Å². The van der Waals surface area contributed by atoms with Crippen LogP contribution in [-0.2, 0) is 47.7 Å². The fourth-order valence-corrected chi connectivity index (χ4v) is 5.16. The summed E-state index contributed by atoms with van der Waals surface area (Å²) in [6, 6.07) is 0.248. The smallest absolute Gasteiger partial charge is 0.344 e. The lowest BCUT2D eigenvalue weighted by Gasteiger charge is -2.47. The van der Waals surface area contributed by atoms with Crippen LogP contribution in [0, 0.1) is 0 Å². The van der Waals surface area contributed by atoms with Crippen molar-refractivity contribution in [3.63, 3.8) is 0 Å². The molecule has 3 aliphatic rings. The molecule has 4 rings (SSSR count). The molecule has 0 fully saturated rings. The van der Waals surface area contributed by atoms with Crippen molar-refractivity contribution in [2.45, 2.75) is 59.0 Å². The van der Waals surface area contributed by atoms with E-state index < -0.39 is 73.3 Å². The summed E-state index contributed by atoms with van der Waals surface area (Å²) >= 11 is 0. The van der Waals surface area contributed by atoms with E-state index in [1.807, 2.05) is 0 Å². The van der Waals surface area contributed by atoms with E-state index in [1.165, 1.54) is 12.1 Å². The summed E-state index contributed by atoms with van der Waals surface area (Å²) < 4.78 is 43.5. The number of rotatable bonds is 10. The van der Waals surface area contributed by atoms with Crippen molar-refractivity contribution >= 4 is 41.3 Å². The Labute approximate surface area is 245 Å². The predicted molar refractivity (Wildman–Crippen MR) is 141 cm³/mol. The van der Waals surface area contributed by atoms with Crippen molar-refractivity contribution < 1.29 is 66.7 Å². The molecule has 2 heterocycles. The molecule has 1 aromatic carbocycles. The molecule has 4 atom stereocenters. The van der Waals surface area contributed by atoms with Gasteiger partial charge in [-0.1, -0.05) is 0 Å². The number of fused-ring (bicyclic) bond motifs is 4. The molecule has 2 aliphatic heterocycles. The second-order valence-electron chi connectivity index (χ2n) is 9.48. The summed E-state index contributed by atoms with van der Waals surface area (Å²) in [5, 5.41) is 0. The molecule has 15 heteroatoms. The first-order valence-electron chi connectivity index (χ1n) is 13.4. The van der Waals surface area contributed by atoms with Gasteiger partial charge in [0, 0.05) is 26.3 Å². The highest BCUT2D eigenvalue weighted by molar-refractivity contribution is 6.09. The summed E-state index contributed by atoms with van der Waals surface area (Å²) in [6.45, 7) is 5.22. The van der Waals surface area contributed by atoms with E-state index in [-0.39, 0.29) is 54.0 Å². The van der Waals surface area contributed by atoms with Gasteiger partial charge in [-0.3, -0.25) is 24.0 Å². The molecule has 0 unspecified atom stereocenters. The second-order valence-corrected chi connectivity index (χ2v) is 9.48. The third-order valence-electron chi connectivity index (χ3n) is 6.51. The normalized spacial score (nSPS) is 21.5. The van der Waals surface area contributed by atoms with Gasteiger partial charge in [0.1, 0.15) is 6.54 Å². The minimum Gasteiger partial charge on any atom is -0.477 e. The van der Waals surface area contributed by atoms with Crippen LogP contribution in [-0.4, -0.2) is 98.2 Å². The molecular weight excluding hydrogens is 574 g/mol. The summed E-state index contributed by atoms with van der Waals surface area (Å²) in [6.07, 6.45) is -2.68. The highest BCUT2D eigenvalue weighted by Gasteiger charge is 2.54. The van der Waals surface area contributed by atoms with Gasteiger partial charge >= 0.3 is 29.8 Å². The predicted octanol–water partition coefficient (Wildman–Crippen LogP) is 0.937. The third kappa shape index (κ3) is 6.49. The molecule has 232 valence electrons. The van der Waals surface area contributed by atoms with Gasteiger partial charge in [-0.25, -0.2) is 4.79 Å². The Morgan fingerprint density at radius 1 is 0.884 bits per heavy atom. The minimum absolute atomic E-state index is 0.00930. The van der Waals surface area contributed by atoms with Gasteiger partial charge < -0.3 is 42.8 Å². The molecule has 43 heavy (non-hydrogen) atoms. The zero-order valence-corrected chi connectivity index (χ0v) is 24.2. The van der Waals surface area contributed by atoms with Crippen LogP contribution < -0.4 is 14.2 Å². The molecule has 0 aromatic heterocycles. The lowest BCUT2D eigenvalue weighted by Crippen LogP contribution is -2.62. The lowest BCUT2D eigenvalue weighted by molar-refractivity contribution is -0.184. The SMILES string of the molecule is CCOC(=O)COc1c2c(cc3c1C(=O)N(CC(=O)OCC)[C@@H]1C3=C[C@H](OC(C)=O)[C@@H](OC(C)=O)[C@H]1OC(C)=O)OCO2. The molecule has 0 N–H and O–H groups in total. The Balaban J connectivity index is 1.98. The highest BCUT2D eigenvalue weighted by atomic mass is 16.7. The van der Waals surface area contributed by atoms with Crippen molar-refractivity contribution in [3.05, 3.63) is 23.3 Å². The Kier molecular flexibility index (Phi) is 9.41. The van der Waals surface area contributed by atoms with Gasteiger partial charge in [0.2, 0.25) is 12.5 Å². The van der Waals surface area contributed by atoms with E-state index in [2.05, 4.69) is 0 Å². The van der Waals surface area contributed by atoms with Gasteiger partial charge in [0.15, 0.2) is 36.4 Å². The summed E-state index contributed by atoms with van der Waals surface area (Å²) in [4.78, 5) is 76.8. The number of benzene rings is 1. The first kappa shape index (κ1) is 31.1. The van der Waals surface area contributed by atoms with E-state index in [0.29, 0.717) is 0 Å². The maximum absolute atomic E-state index is 14.3. The van der Waals surface area contributed by atoms with Crippen molar-refractivity contribution in [2.75, 3.05) is 33.2 Å². The summed E-state index contributed by atoms with van der Waals surface area (Å²) in [5.41, 5.74) is 0.322. The monoisotopic (exact) mass is 605 g/mol. The first-order valence-corrected chi connectivity index (χ1v) is 13.4. The van der Waals surface area contributed by atoms with Crippen LogP contribution in [0.3, 0.4) is 0 Å². The van der Waals surface area contributed by atoms with Crippen molar-refractivity contribution in [1.82, 2.24) is 4.90 Å². The van der Waals surface area contributed by atoms with Crippen LogP contribution in [0.1, 0.15) is 50.5 Å². The molecule has 15 nitrogen and oxygen atoms in total. The van der Waals surface area contributed by atoms with Crippen molar-refractivity contribution in [1.29, 1.82) is 0 Å². The number of amides is 1. The van der Waals surface area contributed by atoms with Gasteiger partial charge in [-0.15, -0.1) is 0 Å². The Morgan fingerprint density at radius 2 is 1.51 bits per heavy atom. The molecular formula is C28H31NO14. The number of carbonyl (C=O) groups is 6. The Bertz CT molecular complexity index is 1370. The minimum atomic E-state index is -1.44. The lowest BCUT2D eigenvalue weighted by atomic mass is 9.77. The van der Waals surface area contributed by atoms with Crippen LogP contribution in [0.15, 0.2) is 12.1 Å². The maximum Gasteiger partial charge on any atom is 0.344 e. The molecule has 0 saturated heterocycles. The quantitative estimate of drug-likeness (QED) is 0.272. The average molecular weight is 606 g/mol. The van der Waals surface area contributed by atoms with Gasteiger partial charge in [-0.2, -0.15) is 0 Å². The van der Waals surface area contributed by atoms with E-state index >= 15 is 0 Å². The average Bonchev–Trinajstić information content (AvgIpc) is 3.39. The van der Waals surface area contributed by atoms with Gasteiger partial charge in [-0.05, 0) is 31.6 Å². The van der Waals surface area contributed by atoms with E-state index in [9.17, 15) is 28.8 Å². The van der Waals surface area contributed by atoms with Crippen LogP contribution in [0.5, 0.6) is 17.2 Å². The van der Waals surface area contributed by atoms with Crippen LogP contribution >= 0.6 is 0 Å². The zero-order valence-electron chi connectivity index (χ0n) is 24.2. The maximum atomic E-state index is 14.3. The van der Waals surface area contributed by atoms with Gasteiger partial charge in [0.05, 0.1) is 24.8 Å². The van der Waals surface area contributed by atoms with Gasteiger partial charge in [0.25, 0.3) is 5.91 Å². The molecule has 0 radical (unpaired) electrons.